The van der Waals surface area contributed by atoms with Crippen molar-refractivity contribution in [2.45, 2.75) is 25.7 Å². The van der Waals surface area contributed by atoms with Crippen molar-refractivity contribution in [3.8, 4) is 5.75 Å². The summed E-state index contributed by atoms with van der Waals surface area (Å²) >= 11 is 0. The first kappa shape index (κ1) is 19.3. The van der Waals surface area contributed by atoms with Gasteiger partial charge < -0.3 is 15.8 Å². The Kier molecular flexibility index (Phi) is 9.10. The lowest BCUT2D eigenvalue weighted by atomic mass is 10.1. The van der Waals surface area contributed by atoms with Gasteiger partial charge >= 0.3 is 0 Å². The predicted molar refractivity (Wildman–Crippen MR) is 97.2 cm³/mol. The smallest absolute Gasteiger partial charge is 0.220 e. The van der Waals surface area contributed by atoms with Gasteiger partial charge in [0.15, 0.2) is 0 Å². The van der Waals surface area contributed by atoms with Crippen LogP contribution in [0.1, 0.15) is 25.7 Å². The molecule has 0 fully saturated rings. The van der Waals surface area contributed by atoms with E-state index >= 15 is 0 Å². The summed E-state index contributed by atoms with van der Waals surface area (Å²) in [4.78, 5) is 11.6. The maximum Gasteiger partial charge on any atom is 0.220 e. The molecule has 126 valence electrons. The van der Waals surface area contributed by atoms with Gasteiger partial charge in [-0.2, -0.15) is 0 Å². The van der Waals surface area contributed by atoms with Gasteiger partial charge in [0.1, 0.15) is 5.75 Å². The van der Waals surface area contributed by atoms with Gasteiger partial charge in [0.05, 0.1) is 6.61 Å². The average Bonchev–Trinajstić information content (AvgIpc) is 2.56. The number of carbonyl (C=O) groups excluding carboxylic acids is 1. The largest absolute Gasteiger partial charge is 0.493 e. The molecule has 0 aliphatic rings. The average molecular weight is 337 g/mol. The minimum atomic E-state index is 0. The van der Waals surface area contributed by atoms with Gasteiger partial charge in [0.2, 0.25) is 5.91 Å². The number of nitrogens with two attached hydrogens (primary N) is 1. The summed E-state index contributed by atoms with van der Waals surface area (Å²) in [6, 6.07) is 14.2. The van der Waals surface area contributed by atoms with Crippen LogP contribution >= 0.6 is 12.4 Å². The van der Waals surface area contributed by atoms with E-state index in [0.717, 1.165) is 29.4 Å². The van der Waals surface area contributed by atoms with Gasteiger partial charge in [-0.05, 0) is 37.3 Å². The molecule has 0 saturated carbocycles. The number of ether oxygens (including phenoxy) is 1. The monoisotopic (exact) mass is 336 g/mol. The molecule has 4 nitrogen and oxygen atoms in total. The van der Waals surface area contributed by atoms with Crippen molar-refractivity contribution in [3.63, 3.8) is 0 Å². The molecule has 0 aliphatic heterocycles. The van der Waals surface area contributed by atoms with Crippen LogP contribution in [0.25, 0.3) is 10.8 Å². The van der Waals surface area contributed by atoms with E-state index in [2.05, 4.69) is 23.5 Å². The molecule has 5 heteroatoms. The van der Waals surface area contributed by atoms with E-state index in [0.29, 0.717) is 32.5 Å². The second-order valence-corrected chi connectivity index (χ2v) is 5.28. The Balaban J connectivity index is 0.00000264. The fourth-order valence-electron chi connectivity index (χ4n) is 2.32. The van der Waals surface area contributed by atoms with Crippen molar-refractivity contribution in [3.05, 3.63) is 42.5 Å². The molecule has 2 aromatic carbocycles. The lowest BCUT2D eigenvalue weighted by molar-refractivity contribution is -0.121. The van der Waals surface area contributed by atoms with Crippen LogP contribution in [0.3, 0.4) is 0 Å². The van der Waals surface area contributed by atoms with Crippen LogP contribution in [0.4, 0.5) is 0 Å². The molecule has 0 atom stereocenters. The Bertz CT molecular complexity index is 599. The van der Waals surface area contributed by atoms with E-state index in [1.54, 1.807) is 0 Å². The van der Waals surface area contributed by atoms with Gasteiger partial charge in [-0.25, -0.2) is 0 Å². The molecule has 0 bridgehead atoms. The van der Waals surface area contributed by atoms with E-state index in [1.165, 1.54) is 0 Å². The van der Waals surface area contributed by atoms with Crippen molar-refractivity contribution in [1.82, 2.24) is 5.32 Å². The second-order valence-electron chi connectivity index (χ2n) is 5.28. The molecule has 0 saturated heterocycles. The highest BCUT2D eigenvalue weighted by Gasteiger charge is 2.03. The number of unbranched alkanes of at least 4 members (excludes halogenated alkanes) is 1. The van der Waals surface area contributed by atoms with E-state index in [4.69, 9.17) is 10.5 Å². The third-order valence-electron chi connectivity index (χ3n) is 3.51. The Labute approximate surface area is 143 Å². The molecule has 0 aliphatic carbocycles. The first-order valence-corrected chi connectivity index (χ1v) is 7.88. The van der Waals surface area contributed by atoms with Crippen LogP contribution in [0.5, 0.6) is 5.75 Å². The summed E-state index contributed by atoms with van der Waals surface area (Å²) in [6.45, 7) is 1.93. The zero-order chi connectivity index (χ0) is 15.6. The van der Waals surface area contributed by atoms with Gasteiger partial charge in [0, 0.05) is 18.4 Å². The highest BCUT2D eigenvalue weighted by molar-refractivity contribution is 5.88. The SMILES string of the molecule is Cl.NCCCCNC(=O)CCCOc1cccc2ccccc12. The molecule has 2 aromatic rings. The first-order chi connectivity index (χ1) is 10.8. The van der Waals surface area contributed by atoms with Crippen LogP contribution < -0.4 is 15.8 Å². The second kappa shape index (κ2) is 10.9. The van der Waals surface area contributed by atoms with Crippen LogP contribution in [0.15, 0.2) is 42.5 Å². The fourth-order valence-corrected chi connectivity index (χ4v) is 2.32. The number of benzene rings is 2. The highest BCUT2D eigenvalue weighted by Crippen LogP contribution is 2.25. The molecular weight excluding hydrogens is 312 g/mol. The fraction of sp³-hybridized carbons (Fsp3) is 0.389. The summed E-state index contributed by atoms with van der Waals surface area (Å²) in [5.74, 6) is 0.958. The van der Waals surface area contributed by atoms with E-state index in [9.17, 15) is 4.79 Å². The topological polar surface area (TPSA) is 64.3 Å². The standard InChI is InChI=1S/C18H24N2O2.ClH/c19-12-3-4-13-20-18(21)11-6-14-22-17-10-5-8-15-7-1-2-9-16(15)17;/h1-2,5,7-10H,3-4,6,11-14,19H2,(H,20,21);1H. The molecule has 0 aromatic heterocycles. The minimum absolute atomic E-state index is 0. The molecule has 0 unspecified atom stereocenters. The Morgan fingerprint density at radius 2 is 1.83 bits per heavy atom. The number of carbonyl (C=O) groups is 1. The molecule has 0 spiro atoms. The Morgan fingerprint density at radius 3 is 2.65 bits per heavy atom. The number of fused-ring (bicyclic) bond motifs is 1. The highest BCUT2D eigenvalue weighted by atomic mass is 35.5. The minimum Gasteiger partial charge on any atom is -0.493 e. The van der Waals surface area contributed by atoms with Gasteiger partial charge in [0.25, 0.3) is 0 Å². The molecule has 2 rings (SSSR count). The molecule has 1 amide bonds. The number of amides is 1. The summed E-state index contributed by atoms with van der Waals surface area (Å²) < 4.78 is 5.82. The number of hydrogen-bond donors (Lipinski definition) is 2. The molecule has 3 N–H and O–H groups in total. The number of hydrogen-bond acceptors (Lipinski definition) is 3. The zero-order valence-corrected chi connectivity index (χ0v) is 14.1. The van der Waals surface area contributed by atoms with Crippen LogP contribution in [0.2, 0.25) is 0 Å². The van der Waals surface area contributed by atoms with Crippen molar-refractivity contribution in [2.24, 2.45) is 5.73 Å². The zero-order valence-electron chi connectivity index (χ0n) is 13.3. The molecular formula is C18H25ClN2O2. The Hall–Kier alpha value is -1.78. The quantitative estimate of drug-likeness (QED) is 0.691. The van der Waals surface area contributed by atoms with Crippen molar-refractivity contribution in [1.29, 1.82) is 0 Å². The first-order valence-electron chi connectivity index (χ1n) is 7.88. The third-order valence-corrected chi connectivity index (χ3v) is 3.51. The number of rotatable bonds is 9. The van der Waals surface area contributed by atoms with Crippen LogP contribution in [-0.4, -0.2) is 25.6 Å². The lowest BCUT2D eigenvalue weighted by Crippen LogP contribution is -2.25. The van der Waals surface area contributed by atoms with Gasteiger partial charge in [-0.15, -0.1) is 12.4 Å². The summed E-state index contributed by atoms with van der Waals surface area (Å²) in [5, 5.41) is 5.17. The number of halogens is 1. The Morgan fingerprint density at radius 1 is 1.04 bits per heavy atom. The van der Waals surface area contributed by atoms with Gasteiger partial charge in [-0.3, -0.25) is 4.79 Å². The van der Waals surface area contributed by atoms with E-state index in [1.807, 2.05) is 24.3 Å². The van der Waals surface area contributed by atoms with Crippen molar-refractivity contribution < 1.29 is 9.53 Å². The normalized spacial score (nSPS) is 10.1. The van der Waals surface area contributed by atoms with E-state index in [-0.39, 0.29) is 18.3 Å². The maximum atomic E-state index is 11.6. The number of nitrogens with one attached hydrogen (secondary N) is 1. The molecule has 23 heavy (non-hydrogen) atoms. The summed E-state index contributed by atoms with van der Waals surface area (Å²) in [6.07, 6.45) is 3.10. The summed E-state index contributed by atoms with van der Waals surface area (Å²) in [7, 11) is 0. The van der Waals surface area contributed by atoms with Crippen LogP contribution in [0, 0.1) is 0 Å². The van der Waals surface area contributed by atoms with Crippen LogP contribution in [-0.2, 0) is 4.79 Å². The lowest BCUT2D eigenvalue weighted by Gasteiger charge is -2.09. The van der Waals surface area contributed by atoms with Gasteiger partial charge in [-0.1, -0.05) is 36.4 Å². The molecule has 0 heterocycles. The predicted octanol–water partition coefficient (Wildman–Crippen LogP) is 3.28. The van der Waals surface area contributed by atoms with Crippen molar-refractivity contribution >= 4 is 29.1 Å². The van der Waals surface area contributed by atoms with E-state index < -0.39 is 0 Å². The summed E-state index contributed by atoms with van der Waals surface area (Å²) in [5.41, 5.74) is 5.41. The third kappa shape index (κ3) is 6.47. The van der Waals surface area contributed by atoms with Crippen molar-refractivity contribution in [2.75, 3.05) is 19.7 Å². The maximum absolute atomic E-state index is 11.6. The molecule has 0 radical (unpaired) electrons.